The number of amides is 1. The van der Waals surface area contributed by atoms with Crippen molar-refractivity contribution in [1.82, 2.24) is 0 Å². The molecule has 0 bridgehead atoms. The summed E-state index contributed by atoms with van der Waals surface area (Å²) >= 11 is 0. The lowest BCUT2D eigenvalue weighted by atomic mass is 10.1. The zero-order chi connectivity index (χ0) is 20.1. The second-order valence-electron chi connectivity index (χ2n) is 6.28. The van der Waals surface area contributed by atoms with Crippen molar-refractivity contribution in [3.63, 3.8) is 0 Å². The highest BCUT2D eigenvalue weighted by molar-refractivity contribution is 5.82. The summed E-state index contributed by atoms with van der Waals surface area (Å²) < 4.78 is 18.8. The first kappa shape index (κ1) is 19.3. The lowest BCUT2D eigenvalue weighted by Gasteiger charge is -2.20. The molecule has 0 aliphatic heterocycles. The van der Waals surface area contributed by atoms with E-state index in [-0.39, 0.29) is 23.4 Å². The fourth-order valence-corrected chi connectivity index (χ4v) is 2.99. The number of hydrogen-bond acceptors (Lipinski definition) is 4. The molecule has 6 heteroatoms. The Balaban J connectivity index is 2.00. The molecule has 0 unspecified atom stereocenters. The molecule has 0 aliphatic carbocycles. The number of nitrogens with zero attached hydrogens (tertiary/aromatic N) is 3. The fraction of sp³-hybridized carbons (Fsp3) is 0.227. The Labute approximate surface area is 162 Å². The predicted octanol–water partition coefficient (Wildman–Crippen LogP) is 3.96. The van der Waals surface area contributed by atoms with E-state index in [1.807, 2.05) is 24.3 Å². The highest BCUT2D eigenvalue weighted by Crippen LogP contribution is 2.21. The Morgan fingerprint density at radius 2 is 1.86 bits per heavy atom. The summed E-state index contributed by atoms with van der Waals surface area (Å²) in [6.45, 7) is 5.84. The van der Waals surface area contributed by atoms with Gasteiger partial charge in [0.15, 0.2) is 0 Å². The summed E-state index contributed by atoms with van der Waals surface area (Å²) in [6, 6.07) is 15.1. The highest BCUT2D eigenvalue weighted by atomic mass is 19.1. The van der Waals surface area contributed by atoms with Crippen LogP contribution in [0.1, 0.15) is 25.0 Å². The Morgan fingerprint density at radius 1 is 1.14 bits per heavy atom. The smallest absolute Gasteiger partial charge is 0.253 e. The van der Waals surface area contributed by atoms with Crippen LogP contribution in [0.3, 0.4) is 0 Å². The number of rotatable bonds is 5. The number of fused-ring (bicyclic) bond motifs is 1. The number of carbonyl (C=O) groups excluding carboxylic acids is 1. The third kappa shape index (κ3) is 4.26. The zero-order valence-electron chi connectivity index (χ0n) is 15.8. The molecule has 1 aromatic heterocycles. The molecule has 0 atom stereocenters. The van der Waals surface area contributed by atoms with Crippen LogP contribution in [-0.2, 0) is 11.2 Å². The minimum absolute atomic E-state index is 0.00179. The van der Waals surface area contributed by atoms with Gasteiger partial charge in [-0.05, 0) is 49.7 Å². The molecule has 0 aliphatic rings. The van der Waals surface area contributed by atoms with Crippen LogP contribution in [0.15, 0.2) is 57.9 Å². The average molecular weight is 377 g/mol. The van der Waals surface area contributed by atoms with Crippen LogP contribution < -0.4 is 10.5 Å². The van der Waals surface area contributed by atoms with E-state index in [0.29, 0.717) is 11.1 Å². The van der Waals surface area contributed by atoms with Crippen molar-refractivity contribution in [2.45, 2.75) is 20.3 Å². The predicted molar refractivity (Wildman–Crippen MR) is 105 cm³/mol. The topological polar surface area (TPSA) is 69.6 Å². The molecule has 1 heterocycles. The summed E-state index contributed by atoms with van der Waals surface area (Å²) in [5, 5.41) is 10.2. The molecule has 0 radical (unpaired) electrons. The van der Waals surface area contributed by atoms with E-state index in [2.05, 4.69) is 23.7 Å². The van der Waals surface area contributed by atoms with Gasteiger partial charge in [-0.25, -0.2) is 4.39 Å². The monoisotopic (exact) mass is 377 g/mol. The molecule has 28 heavy (non-hydrogen) atoms. The number of benzene rings is 2. The van der Waals surface area contributed by atoms with Gasteiger partial charge in [-0.15, -0.1) is 0 Å². The van der Waals surface area contributed by atoms with Crippen LogP contribution in [0, 0.1) is 17.1 Å². The first-order valence-corrected chi connectivity index (χ1v) is 9.09. The van der Waals surface area contributed by atoms with Crippen molar-refractivity contribution in [3.8, 4) is 6.07 Å². The molecule has 0 saturated heterocycles. The van der Waals surface area contributed by atoms with Gasteiger partial charge >= 0.3 is 0 Å². The average Bonchev–Trinajstić information content (AvgIpc) is 2.70. The van der Waals surface area contributed by atoms with Crippen LogP contribution >= 0.6 is 0 Å². The number of nitriles is 1. The number of hydrogen-bond donors (Lipinski definition) is 0. The number of carbonyl (C=O) groups is 1. The lowest BCUT2D eigenvalue weighted by Crippen LogP contribution is -2.21. The van der Waals surface area contributed by atoms with Crippen molar-refractivity contribution >= 4 is 22.6 Å². The minimum Gasteiger partial charge on any atom is -0.437 e. The van der Waals surface area contributed by atoms with Crippen molar-refractivity contribution in [2.75, 3.05) is 18.0 Å². The molecule has 5 nitrogen and oxygen atoms in total. The second-order valence-corrected chi connectivity index (χ2v) is 6.28. The van der Waals surface area contributed by atoms with Crippen molar-refractivity contribution in [1.29, 1.82) is 5.26 Å². The van der Waals surface area contributed by atoms with Gasteiger partial charge in [0.2, 0.25) is 5.55 Å². The second kappa shape index (κ2) is 8.49. The van der Waals surface area contributed by atoms with Gasteiger partial charge in [0.05, 0.1) is 6.42 Å². The summed E-state index contributed by atoms with van der Waals surface area (Å²) in [5.41, 5.74) is 2.36. The van der Waals surface area contributed by atoms with E-state index in [0.717, 1.165) is 24.2 Å². The van der Waals surface area contributed by atoms with Crippen molar-refractivity contribution in [3.05, 3.63) is 71.0 Å². The van der Waals surface area contributed by atoms with Crippen LogP contribution in [0.2, 0.25) is 0 Å². The summed E-state index contributed by atoms with van der Waals surface area (Å²) in [5.74, 6) is -0.834. The van der Waals surface area contributed by atoms with Gasteiger partial charge < -0.3 is 9.32 Å². The van der Waals surface area contributed by atoms with Gasteiger partial charge in [0, 0.05) is 30.2 Å². The molecule has 0 spiro atoms. The van der Waals surface area contributed by atoms with Crippen molar-refractivity contribution in [2.24, 2.45) is 4.99 Å². The molecule has 0 N–H and O–H groups in total. The molecule has 3 rings (SSSR count). The molecule has 3 aromatic rings. The first-order chi connectivity index (χ1) is 13.5. The molecular weight excluding hydrogens is 357 g/mol. The quantitative estimate of drug-likeness (QED) is 0.675. The molecule has 0 fully saturated rings. The van der Waals surface area contributed by atoms with E-state index in [1.165, 1.54) is 24.3 Å². The Bertz CT molecular complexity index is 1110. The molecule has 142 valence electrons. The van der Waals surface area contributed by atoms with Crippen LogP contribution in [0.4, 0.5) is 10.1 Å². The molecule has 0 saturated carbocycles. The van der Waals surface area contributed by atoms with Crippen LogP contribution in [-0.4, -0.2) is 19.0 Å². The molecule has 2 aromatic carbocycles. The normalized spacial score (nSPS) is 11.4. The minimum atomic E-state index is -0.467. The van der Waals surface area contributed by atoms with Crippen LogP contribution in [0.25, 0.3) is 11.0 Å². The maximum atomic E-state index is 13.0. The van der Waals surface area contributed by atoms with E-state index < -0.39 is 5.91 Å². The zero-order valence-corrected chi connectivity index (χ0v) is 15.8. The van der Waals surface area contributed by atoms with Gasteiger partial charge in [-0.2, -0.15) is 10.3 Å². The number of anilines is 1. The van der Waals surface area contributed by atoms with Crippen molar-refractivity contribution < 1.29 is 13.6 Å². The maximum absolute atomic E-state index is 13.0. The molecular formula is C22H20FN3O2. The lowest BCUT2D eigenvalue weighted by molar-refractivity contribution is -0.117. The van der Waals surface area contributed by atoms with E-state index in [4.69, 9.17) is 4.42 Å². The van der Waals surface area contributed by atoms with Gasteiger partial charge in [0.1, 0.15) is 23.0 Å². The Morgan fingerprint density at radius 3 is 2.50 bits per heavy atom. The van der Waals surface area contributed by atoms with Gasteiger partial charge in [0.25, 0.3) is 5.91 Å². The van der Waals surface area contributed by atoms with E-state index in [1.54, 1.807) is 6.07 Å². The fourth-order valence-electron chi connectivity index (χ4n) is 2.99. The van der Waals surface area contributed by atoms with E-state index in [9.17, 15) is 14.4 Å². The SMILES string of the molecule is CCN(CC)c1ccc2cc(C#N)c(=NC(=O)Cc3ccc(F)cc3)oc2c1. The van der Waals surface area contributed by atoms with Gasteiger partial charge in [-0.1, -0.05) is 12.1 Å². The highest BCUT2D eigenvalue weighted by Gasteiger charge is 2.09. The van der Waals surface area contributed by atoms with E-state index >= 15 is 0 Å². The molecule has 1 amide bonds. The van der Waals surface area contributed by atoms with Crippen LogP contribution in [0.5, 0.6) is 0 Å². The first-order valence-electron chi connectivity index (χ1n) is 9.09. The van der Waals surface area contributed by atoms with Gasteiger partial charge in [-0.3, -0.25) is 4.79 Å². The number of halogens is 1. The maximum Gasteiger partial charge on any atom is 0.253 e. The Kier molecular flexibility index (Phi) is 5.85. The summed E-state index contributed by atoms with van der Waals surface area (Å²) in [7, 11) is 0. The summed E-state index contributed by atoms with van der Waals surface area (Å²) in [6.07, 6.45) is -0.00179. The third-order valence-corrected chi connectivity index (χ3v) is 4.48. The largest absolute Gasteiger partial charge is 0.437 e. The summed E-state index contributed by atoms with van der Waals surface area (Å²) in [4.78, 5) is 18.4. The Hall–Kier alpha value is -3.46. The third-order valence-electron chi connectivity index (χ3n) is 4.48. The standard InChI is InChI=1S/C22H20FN3O2/c1-3-26(4-2)19-10-7-16-12-17(14-24)22(28-20(16)13-19)25-21(27)11-15-5-8-18(23)9-6-15/h5-10,12-13H,3-4,11H2,1-2H3.